The number of nitrogens with one attached hydrogen (secondary N) is 1. The summed E-state index contributed by atoms with van der Waals surface area (Å²) < 4.78 is 8.71. The van der Waals surface area contributed by atoms with Crippen LogP contribution in [0, 0.1) is 5.92 Å². The molecule has 1 unspecified atom stereocenters. The molecule has 0 fully saturated rings. The van der Waals surface area contributed by atoms with Crippen LogP contribution in [-0.2, 0) is 0 Å². The smallest absolute Gasteiger partial charge is 0.270 e. The summed E-state index contributed by atoms with van der Waals surface area (Å²) in [5, 5.41) is 11.8. The van der Waals surface area contributed by atoms with E-state index in [-0.39, 0.29) is 29.9 Å². The van der Waals surface area contributed by atoms with Crippen LogP contribution < -0.4 is 15.8 Å². The van der Waals surface area contributed by atoms with Gasteiger partial charge in [-0.2, -0.15) is 10.1 Å². The Bertz CT molecular complexity index is 1310. The van der Waals surface area contributed by atoms with Gasteiger partial charge in [-0.3, -0.25) is 9.48 Å². The van der Waals surface area contributed by atoms with Crippen molar-refractivity contribution in [1.29, 1.82) is 0 Å². The molecule has 0 saturated carbocycles. The van der Waals surface area contributed by atoms with Gasteiger partial charge in [0.05, 0.1) is 19.3 Å². The Kier molecular flexibility index (Phi) is 6.49. The summed E-state index contributed by atoms with van der Waals surface area (Å²) in [6.45, 7) is 8.25. The number of methoxy groups -OCH3 is 1. The van der Waals surface area contributed by atoms with Crippen molar-refractivity contribution in [3.63, 3.8) is 0 Å². The van der Waals surface area contributed by atoms with Gasteiger partial charge in [0.1, 0.15) is 5.69 Å². The first-order valence-corrected chi connectivity index (χ1v) is 11.3. The Hall–Kier alpha value is -3.95. The quantitative estimate of drug-likeness (QED) is 0.411. The number of nitrogens with zero attached hydrogens (tertiary/aromatic N) is 6. The fraction of sp³-hybridized carbons (Fsp3) is 0.375. The van der Waals surface area contributed by atoms with Gasteiger partial charge in [0.15, 0.2) is 5.65 Å². The third-order valence-corrected chi connectivity index (χ3v) is 5.84. The number of amides is 1. The van der Waals surface area contributed by atoms with Gasteiger partial charge in [-0.05, 0) is 48.6 Å². The molecule has 0 aliphatic carbocycles. The van der Waals surface area contributed by atoms with Crippen molar-refractivity contribution in [3.8, 4) is 17.0 Å². The number of nitrogen functional groups attached to an aromatic ring is 1. The second kappa shape index (κ2) is 9.50. The summed E-state index contributed by atoms with van der Waals surface area (Å²) in [7, 11) is 1.60. The van der Waals surface area contributed by atoms with E-state index in [0.29, 0.717) is 17.2 Å². The number of ether oxygens (including phenoxy) is 1. The van der Waals surface area contributed by atoms with E-state index >= 15 is 0 Å². The summed E-state index contributed by atoms with van der Waals surface area (Å²) in [4.78, 5) is 21.5. The lowest BCUT2D eigenvalue weighted by Gasteiger charge is -2.22. The molecule has 34 heavy (non-hydrogen) atoms. The van der Waals surface area contributed by atoms with Crippen LogP contribution in [0.4, 0.5) is 5.95 Å². The highest BCUT2D eigenvalue weighted by atomic mass is 16.5. The average Bonchev–Trinajstić information content (AvgIpc) is 3.44. The van der Waals surface area contributed by atoms with Gasteiger partial charge < -0.3 is 15.8 Å². The van der Waals surface area contributed by atoms with Crippen molar-refractivity contribution in [2.24, 2.45) is 5.92 Å². The molecule has 0 radical (unpaired) electrons. The molecular formula is C24H30N8O2. The van der Waals surface area contributed by atoms with E-state index in [2.05, 4.69) is 39.3 Å². The maximum atomic E-state index is 13.0. The topological polar surface area (TPSA) is 125 Å². The Morgan fingerprint density at radius 2 is 2.00 bits per heavy atom. The predicted octanol–water partition coefficient (Wildman–Crippen LogP) is 3.35. The number of hydrogen-bond donors (Lipinski definition) is 2. The normalized spacial score (nSPS) is 13.2. The van der Waals surface area contributed by atoms with Crippen LogP contribution in [0.25, 0.3) is 16.8 Å². The minimum atomic E-state index is -0.234. The third kappa shape index (κ3) is 4.57. The second-order valence-electron chi connectivity index (χ2n) is 8.68. The van der Waals surface area contributed by atoms with E-state index in [1.807, 2.05) is 42.9 Å². The van der Waals surface area contributed by atoms with Crippen molar-refractivity contribution in [2.45, 2.75) is 46.2 Å². The average molecular weight is 463 g/mol. The summed E-state index contributed by atoms with van der Waals surface area (Å²) in [5.41, 5.74) is 9.40. The van der Waals surface area contributed by atoms with E-state index in [9.17, 15) is 4.79 Å². The van der Waals surface area contributed by atoms with Gasteiger partial charge in [-0.25, -0.2) is 9.50 Å². The molecule has 0 saturated heterocycles. The van der Waals surface area contributed by atoms with Gasteiger partial charge >= 0.3 is 0 Å². The van der Waals surface area contributed by atoms with Crippen LogP contribution >= 0.6 is 0 Å². The number of nitrogens with two attached hydrogens (primary N) is 1. The maximum absolute atomic E-state index is 13.0. The van der Waals surface area contributed by atoms with Crippen LogP contribution in [0.15, 0.2) is 42.9 Å². The molecule has 4 heterocycles. The number of anilines is 1. The summed E-state index contributed by atoms with van der Waals surface area (Å²) in [6.07, 6.45) is 6.31. The Morgan fingerprint density at radius 1 is 1.21 bits per heavy atom. The summed E-state index contributed by atoms with van der Waals surface area (Å²) in [6, 6.07) is 7.54. The van der Waals surface area contributed by atoms with Crippen molar-refractivity contribution in [1.82, 2.24) is 34.7 Å². The second-order valence-corrected chi connectivity index (χ2v) is 8.68. The predicted molar refractivity (Wildman–Crippen MR) is 130 cm³/mol. The van der Waals surface area contributed by atoms with Crippen LogP contribution in [0.2, 0.25) is 0 Å². The molecular weight excluding hydrogens is 432 g/mol. The lowest BCUT2D eigenvalue weighted by atomic mass is 9.97. The fourth-order valence-corrected chi connectivity index (χ4v) is 3.93. The van der Waals surface area contributed by atoms with Crippen molar-refractivity contribution in [3.05, 3.63) is 54.1 Å². The fourth-order valence-electron chi connectivity index (χ4n) is 3.93. The summed E-state index contributed by atoms with van der Waals surface area (Å²) >= 11 is 0. The van der Waals surface area contributed by atoms with Crippen molar-refractivity contribution >= 4 is 17.5 Å². The van der Waals surface area contributed by atoms with Crippen LogP contribution in [0.1, 0.15) is 56.2 Å². The third-order valence-electron chi connectivity index (χ3n) is 5.84. The number of fused-ring (bicyclic) bond motifs is 1. The molecule has 10 nitrogen and oxygen atoms in total. The molecule has 0 bridgehead atoms. The van der Waals surface area contributed by atoms with Gasteiger partial charge in [-0.1, -0.05) is 20.8 Å². The molecule has 4 aromatic heterocycles. The molecule has 0 aliphatic heterocycles. The first-order chi connectivity index (χ1) is 16.3. The van der Waals surface area contributed by atoms with E-state index < -0.39 is 0 Å². The van der Waals surface area contributed by atoms with Crippen LogP contribution in [-0.4, -0.2) is 48.4 Å². The SMILES string of the molecule is CC[C@H](C)NC(=O)c1cc(-c2cnn(C(c3ccnc(OC)c3)C(C)C)c2)cc2nc(N)nn12. The number of carbonyl (C=O) groups excluding carboxylic acids is 1. The molecule has 4 aromatic rings. The standard InChI is InChI=1S/C24H30N8O2/c1-6-15(4)28-23(33)19-9-17(10-20-29-24(25)30-32(19)20)18-12-27-31(13-18)22(14(2)3)16-7-8-26-21(11-16)34-5/h7-15,22H,6H2,1-5H3,(H2,25,30)(H,28,33)/t15-,22?/m0/s1. The zero-order valence-corrected chi connectivity index (χ0v) is 20.1. The zero-order chi connectivity index (χ0) is 24.4. The largest absolute Gasteiger partial charge is 0.481 e. The number of rotatable bonds is 8. The highest BCUT2D eigenvalue weighted by molar-refractivity contribution is 5.95. The molecule has 4 rings (SSSR count). The van der Waals surface area contributed by atoms with Gasteiger partial charge in [-0.15, -0.1) is 5.10 Å². The van der Waals surface area contributed by atoms with E-state index in [1.165, 1.54) is 4.52 Å². The van der Waals surface area contributed by atoms with E-state index in [1.54, 1.807) is 25.6 Å². The molecule has 0 spiro atoms. The van der Waals surface area contributed by atoms with E-state index in [4.69, 9.17) is 10.5 Å². The molecule has 0 aliphatic rings. The molecule has 0 aromatic carbocycles. The molecule has 1 amide bonds. The molecule has 3 N–H and O–H groups in total. The maximum Gasteiger partial charge on any atom is 0.270 e. The Morgan fingerprint density at radius 3 is 2.71 bits per heavy atom. The van der Waals surface area contributed by atoms with Crippen LogP contribution in [0.3, 0.4) is 0 Å². The van der Waals surface area contributed by atoms with Crippen LogP contribution in [0.5, 0.6) is 5.88 Å². The lowest BCUT2D eigenvalue weighted by molar-refractivity contribution is 0.0932. The number of hydrogen-bond acceptors (Lipinski definition) is 7. The van der Waals surface area contributed by atoms with Gasteiger partial charge in [0.2, 0.25) is 11.8 Å². The minimum Gasteiger partial charge on any atom is -0.481 e. The monoisotopic (exact) mass is 462 g/mol. The molecule has 10 heteroatoms. The number of carbonyl (C=O) groups is 1. The molecule has 2 atom stereocenters. The first-order valence-electron chi connectivity index (χ1n) is 11.3. The zero-order valence-electron chi connectivity index (χ0n) is 20.1. The van der Waals surface area contributed by atoms with Gasteiger partial charge in [0, 0.05) is 30.1 Å². The van der Waals surface area contributed by atoms with E-state index in [0.717, 1.165) is 23.1 Å². The highest BCUT2D eigenvalue weighted by Crippen LogP contribution is 2.30. The van der Waals surface area contributed by atoms with Crippen molar-refractivity contribution < 1.29 is 9.53 Å². The lowest BCUT2D eigenvalue weighted by Crippen LogP contribution is -2.33. The Balaban J connectivity index is 1.75. The number of aromatic nitrogens is 6. The first kappa shape index (κ1) is 23.2. The number of pyridine rings is 2. The van der Waals surface area contributed by atoms with Crippen molar-refractivity contribution in [2.75, 3.05) is 12.8 Å². The Labute approximate surface area is 198 Å². The molecule has 178 valence electrons. The van der Waals surface area contributed by atoms with Gasteiger partial charge in [0.25, 0.3) is 5.91 Å². The minimum absolute atomic E-state index is 0.0220. The highest BCUT2D eigenvalue weighted by Gasteiger charge is 2.22. The summed E-state index contributed by atoms with van der Waals surface area (Å²) in [5.74, 6) is 0.692.